The van der Waals surface area contributed by atoms with E-state index in [-0.39, 0.29) is 5.78 Å². The summed E-state index contributed by atoms with van der Waals surface area (Å²) in [6, 6.07) is 16.0. The molecule has 0 aromatic heterocycles. The highest BCUT2D eigenvalue weighted by Crippen LogP contribution is 2.11. The van der Waals surface area contributed by atoms with Crippen LogP contribution in [0.2, 0.25) is 0 Å². The molecule has 0 aliphatic rings. The number of carboxylic acid groups (broad SMARTS) is 1. The lowest BCUT2D eigenvalue weighted by Crippen LogP contribution is -2.08. The van der Waals surface area contributed by atoms with Gasteiger partial charge < -0.3 is 10.0 Å². The Balaban J connectivity index is 0.000000219. The van der Waals surface area contributed by atoms with Gasteiger partial charge in [0.05, 0.1) is 5.56 Å². The first-order chi connectivity index (χ1) is 9.91. The summed E-state index contributed by atoms with van der Waals surface area (Å²) in [5.74, 6) is -0.768. The topological polar surface area (TPSA) is 57.6 Å². The zero-order chi connectivity index (χ0) is 15.8. The highest BCUT2D eigenvalue weighted by atomic mass is 16.4. The number of benzene rings is 2. The summed E-state index contributed by atoms with van der Waals surface area (Å²) in [4.78, 5) is 23.0. The second kappa shape index (κ2) is 7.85. The van der Waals surface area contributed by atoms with Gasteiger partial charge in [-0.25, -0.2) is 4.79 Å². The molecule has 2 aromatic rings. The molecule has 4 nitrogen and oxygen atoms in total. The normalized spacial score (nSPS) is 9.29. The van der Waals surface area contributed by atoms with Crippen LogP contribution in [-0.4, -0.2) is 31.0 Å². The molecule has 0 heterocycles. The van der Waals surface area contributed by atoms with Crippen LogP contribution in [0.1, 0.15) is 27.6 Å². The average molecular weight is 285 g/mol. The third-order valence-corrected chi connectivity index (χ3v) is 2.81. The van der Waals surface area contributed by atoms with Gasteiger partial charge in [-0.15, -0.1) is 0 Å². The zero-order valence-electron chi connectivity index (χ0n) is 12.4. The van der Waals surface area contributed by atoms with Crippen LogP contribution in [0, 0.1) is 0 Å². The molecule has 0 bridgehead atoms. The van der Waals surface area contributed by atoms with Gasteiger partial charge in [0, 0.05) is 25.3 Å². The number of carboxylic acids is 1. The first-order valence-electron chi connectivity index (χ1n) is 6.48. The van der Waals surface area contributed by atoms with Crippen molar-refractivity contribution in [3.63, 3.8) is 0 Å². The minimum absolute atomic E-state index is 0.121. The van der Waals surface area contributed by atoms with Gasteiger partial charge in [0.15, 0.2) is 5.78 Å². The van der Waals surface area contributed by atoms with E-state index < -0.39 is 5.97 Å². The molecule has 0 saturated carbocycles. The molecule has 4 heteroatoms. The van der Waals surface area contributed by atoms with E-state index in [0.29, 0.717) is 5.56 Å². The third kappa shape index (κ3) is 5.48. The lowest BCUT2D eigenvalue weighted by Gasteiger charge is -2.11. The number of ketones is 1. The Morgan fingerprint density at radius 1 is 0.857 bits per heavy atom. The first-order valence-corrected chi connectivity index (χ1v) is 6.48. The van der Waals surface area contributed by atoms with Crippen molar-refractivity contribution >= 4 is 17.4 Å². The molecule has 0 radical (unpaired) electrons. The van der Waals surface area contributed by atoms with Crippen LogP contribution in [0.4, 0.5) is 5.69 Å². The molecule has 0 saturated heterocycles. The number of Topliss-reactive ketones (excluding diaryl/α,β-unsaturated/α-hetero) is 1. The Morgan fingerprint density at radius 3 is 1.71 bits per heavy atom. The third-order valence-electron chi connectivity index (χ3n) is 2.81. The lowest BCUT2D eigenvalue weighted by molar-refractivity contribution is 0.0696. The fourth-order valence-corrected chi connectivity index (χ4v) is 1.58. The number of rotatable bonds is 3. The molecule has 0 spiro atoms. The standard InChI is InChI=1S/C9H11NO2.C8H8O/c1-10(2)8-5-3-7(4-6-8)9(11)12;1-7(9)8-5-3-2-4-6-8/h3-6H,1-2H3,(H,11,12);2-6H,1H3. The summed E-state index contributed by atoms with van der Waals surface area (Å²) in [5.41, 5.74) is 2.10. The second-order valence-electron chi connectivity index (χ2n) is 4.67. The van der Waals surface area contributed by atoms with E-state index in [1.807, 2.05) is 49.3 Å². The van der Waals surface area contributed by atoms with E-state index in [2.05, 4.69) is 0 Å². The minimum atomic E-state index is -0.889. The molecule has 0 aliphatic heterocycles. The second-order valence-corrected chi connectivity index (χ2v) is 4.67. The van der Waals surface area contributed by atoms with Crippen LogP contribution in [0.25, 0.3) is 0 Å². The molecule has 2 rings (SSSR count). The quantitative estimate of drug-likeness (QED) is 0.879. The largest absolute Gasteiger partial charge is 0.478 e. The van der Waals surface area contributed by atoms with Crippen LogP contribution < -0.4 is 4.90 Å². The summed E-state index contributed by atoms with van der Waals surface area (Å²) in [7, 11) is 3.82. The van der Waals surface area contributed by atoms with Gasteiger partial charge in [-0.05, 0) is 31.2 Å². The molecule has 1 N–H and O–H groups in total. The average Bonchev–Trinajstić information content (AvgIpc) is 2.49. The maximum Gasteiger partial charge on any atom is 0.335 e. The molecule has 0 atom stereocenters. The smallest absolute Gasteiger partial charge is 0.335 e. The summed E-state index contributed by atoms with van der Waals surface area (Å²) in [6.45, 7) is 1.56. The number of nitrogens with zero attached hydrogens (tertiary/aromatic N) is 1. The van der Waals surface area contributed by atoms with E-state index >= 15 is 0 Å². The number of carbonyl (C=O) groups excluding carboxylic acids is 1. The zero-order valence-corrected chi connectivity index (χ0v) is 12.4. The molecule has 2 aromatic carbocycles. The Morgan fingerprint density at radius 2 is 1.38 bits per heavy atom. The highest BCUT2D eigenvalue weighted by Gasteiger charge is 2.01. The van der Waals surface area contributed by atoms with E-state index in [9.17, 15) is 9.59 Å². The minimum Gasteiger partial charge on any atom is -0.478 e. The molecular weight excluding hydrogens is 266 g/mol. The summed E-state index contributed by atoms with van der Waals surface area (Å²) in [6.07, 6.45) is 0. The molecule has 110 valence electrons. The van der Waals surface area contributed by atoms with Crippen LogP contribution >= 0.6 is 0 Å². The highest BCUT2D eigenvalue weighted by molar-refractivity contribution is 5.93. The Kier molecular flexibility index (Phi) is 6.14. The number of aromatic carboxylic acids is 1. The molecule has 0 aliphatic carbocycles. The molecular formula is C17H19NO3. The fourth-order valence-electron chi connectivity index (χ4n) is 1.58. The monoisotopic (exact) mass is 285 g/mol. The van der Waals surface area contributed by atoms with E-state index in [1.165, 1.54) is 0 Å². The van der Waals surface area contributed by atoms with Crippen molar-refractivity contribution in [2.24, 2.45) is 0 Å². The van der Waals surface area contributed by atoms with Crippen molar-refractivity contribution in [1.29, 1.82) is 0 Å². The van der Waals surface area contributed by atoms with E-state index in [0.717, 1.165) is 11.3 Å². The maximum atomic E-state index is 10.6. The summed E-state index contributed by atoms with van der Waals surface area (Å²) < 4.78 is 0. The molecule has 0 unspecified atom stereocenters. The van der Waals surface area contributed by atoms with Crippen molar-refractivity contribution < 1.29 is 14.7 Å². The van der Waals surface area contributed by atoms with E-state index in [4.69, 9.17) is 5.11 Å². The van der Waals surface area contributed by atoms with Crippen LogP contribution in [-0.2, 0) is 0 Å². The number of carbonyl (C=O) groups is 2. The number of hydrogen-bond donors (Lipinski definition) is 1. The van der Waals surface area contributed by atoms with Crippen molar-refractivity contribution in [3.8, 4) is 0 Å². The summed E-state index contributed by atoms with van der Waals surface area (Å²) >= 11 is 0. The van der Waals surface area contributed by atoms with Gasteiger partial charge in [-0.3, -0.25) is 4.79 Å². The van der Waals surface area contributed by atoms with Gasteiger partial charge in [0.1, 0.15) is 0 Å². The maximum absolute atomic E-state index is 10.6. The van der Waals surface area contributed by atoms with Gasteiger partial charge in [-0.2, -0.15) is 0 Å². The van der Waals surface area contributed by atoms with Crippen molar-refractivity contribution in [2.45, 2.75) is 6.92 Å². The predicted octanol–water partition coefficient (Wildman–Crippen LogP) is 3.34. The van der Waals surface area contributed by atoms with Crippen LogP contribution in [0.15, 0.2) is 54.6 Å². The Bertz CT molecular complexity index is 589. The van der Waals surface area contributed by atoms with Crippen LogP contribution in [0.3, 0.4) is 0 Å². The van der Waals surface area contributed by atoms with Gasteiger partial charge in [0.2, 0.25) is 0 Å². The molecule has 21 heavy (non-hydrogen) atoms. The van der Waals surface area contributed by atoms with Crippen molar-refractivity contribution in [1.82, 2.24) is 0 Å². The van der Waals surface area contributed by atoms with Crippen molar-refractivity contribution in [2.75, 3.05) is 19.0 Å². The number of anilines is 1. The molecule has 0 amide bonds. The predicted molar refractivity (Wildman–Crippen MR) is 84.2 cm³/mol. The van der Waals surface area contributed by atoms with E-state index in [1.54, 1.807) is 31.2 Å². The van der Waals surface area contributed by atoms with Gasteiger partial charge in [-0.1, -0.05) is 30.3 Å². The Hall–Kier alpha value is -2.62. The van der Waals surface area contributed by atoms with Crippen molar-refractivity contribution in [3.05, 3.63) is 65.7 Å². The molecule has 0 fully saturated rings. The van der Waals surface area contributed by atoms with Gasteiger partial charge in [0.25, 0.3) is 0 Å². The van der Waals surface area contributed by atoms with Crippen LogP contribution in [0.5, 0.6) is 0 Å². The summed E-state index contributed by atoms with van der Waals surface area (Å²) in [5, 5.41) is 8.60. The lowest BCUT2D eigenvalue weighted by atomic mass is 10.2. The van der Waals surface area contributed by atoms with Gasteiger partial charge >= 0.3 is 5.97 Å². The first kappa shape index (κ1) is 16.4. The Labute approximate surface area is 124 Å². The number of hydrogen-bond acceptors (Lipinski definition) is 3. The fraction of sp³-hybridized carbons (Fsp3) is 0.176. The SMILES string of the molecule is CC(=O)c1ccccc1.CN(C)c1ccc(C(=O)O)cc1.